The van der Waals surface area contributed by atoms with Gasteiger partial charge >= 0.3 is 0 Å². The Morgan fingerprint density at radius 1 is 1.41 bits per heavy atom. The largest absolute Gasteiger partial charge is 0.397 e. The first-order valence-electron chi connectivity index (χ1n) is 5.62. The molecular formula is C12H17N3O2. The fraction of sp³-hybridized carbons (Fsp3) is 0.417. The van der Waals surface area contributed by atoms with E-state index in [2.05, 4.69) is 0 Å². The van der Waals surface area contributed by atoms with Gasteiger partial charge in [-0.05, 0) is 31.0 Å². The number of nitrogen functional groups attached to an aromatic ring is 2. The van der Waals surface area contributed by atoms with Gasteiger partial charge in [0.05, 0.1) is 11.4 Å². The highest BCUT2D eigenvalue weighted by molar-refractivity contribution is 5.81. The van der Waals surface area contributed by atoms with Crippen LogP contribution in [0.5, 0.6) is 0 Å². The van der Waals surface area contributed by atoms with Gasteiger partial charge in [-0.15, -0.1) is 0 Å². The van der Waals surface area contributed by atoms with Gasteiger partial charge in [0, 0.05) is 6.54 Å². The average Bonchev–Trinajstić information content (AvgIpc) is 2.62. The zero-order valence-corrected chi connectivity index (χ0v) is 9.85. The van der Waals surface area contributed by atoms with E-state index in [4.69, 9.17) is 16.2 Å². The second-order valence-corrected chi connectivity index (χ2v) is 4.25. The molecule has 5 nitrogen and oxygen atoms in total. The lowest BCUT2D eigenvalue weighted by atomic mass is 10.1. The predicted molar refractivity (Wildman–Crippen MR) is 66.1 cm³/mol. The summed E-state index contributed by atoms with van der Waals surface area (Å²) in [5.41, 5.74) is 13.6. The van der Waals surface area contributed by atoms with Crippen LogP contribution in [0.4, 0.5) is 11.4 Å². The number of ether oxygens (including phenoxy) is 1. The van der Waals surface area contributed by atoms with E-state index in [1.807, 2.05) is 12.1 Å². The summed E-state index contributed by atoms with van der Waals surface area (Å²) in [4.78, 5) is 13.3. The van der Waals surface area contributed by atoms with Crippen molar-refractivity contribution in [3.63, 3.8) is 0 Å². The zero-order valence-electron chi connectivity index (χ0n) is 9.85. The number of carbonyl (C=O) groups excluding carboxylic acids is 1. The Morgan fingerprint density at radius 2 is 2.18 bits per heavy atom. The summed E-state index contributed by atoms with van der Waals surface area (Å²) >= 11 is 0. The van der Waals surface area contributed by atoms with E-state index < -0.39 is 0 Å². The van der Waals surface area contributed by atoms with Gasteiger partial charge in [-0.25, -0.2) is 0 Å². The molecule has 17 heavy (non-hydrogen) atoms. The fourth-order valence-electron chi connectivity index (χ4n) is 1.81. The molecule has 1 amide bonds. The minimum Gasteiger partial charge on any atom is -0.397 e. The van der Waals surface area contributed by atoms with Crippen LogP contribution in [0.3, 0.4) is 0 Å². The minimum atomic E-state index is -0.313. The second kappa shape index (κ2) is 4.63. The van der Waals surface area contributed by atoms with Crippen molar-refractivity contribution in [2.24, 2.45) is 0 Å². The average molecular weight is 235 g/mol. The molecule has 1 aromatic rings. The summed E-state index contributed by atoms with van der Waals surface area (Å²) in [5, 5.41) is 0. The van der Waals surface area contributed by atoms with Gasteiger partial charge in [0.15, 0.2) is 0 Å². The molecule has 92 valence electrons. The maximum Gasteiger partial charge on any atom is 0.253 e. The number of hydrogen-bond donors (Lipinski definition) is 2. The third-order valence-corrected chi connectivity index (χ3v) is 2.96. The van der Waals surface area contributed by atoms with Crippen molar-refractivity contribution in [1.82, 2.24) is 4.90 Å². The molecule has 2 rings (SSSR count). The predicted octanol–water partition coefficient (Wildman–Crippen LogP) is 0.598. The molecule has 0 bridgehead atoms. The summed E-state index contributed by atoms with van der Waals surface area (Å²) in [6, 6.07) is 5.56. The highest BCUT2D eigenvalue weighted by atomic mass is 16.5. The Morgan fingerprint density at radius 3 is 2.76 bits per heavy atom. The first kappa shape index (κ1) is 11.7. The highest BCUT2D eigenvalue weighted by Crippen LogP contribution is 2.17. The highest BCUT2D eigenvalue weighted by Gasteiger charge is 2.28. The molecule has 1 aliphatic rings. The van der Waals surface area contributed by atoms with Crippen molar-refractivity contribution in [2.75, 3.05) is 24.7 Å². The van der Waals surface area contributed by atoms with Crippen molar-refractivity contribution < 1.29 is 9.53 Å². The molecule has 0 unspecified atom stereocenters. The van der Waals surface area contributed by atoms with E-state index in [1.165, 1.54) is 0 Å². The Balaban J connectivity index is 1.94. The number of rotatable bonds is 3. The van der Waals surface area contributed by atoms with Crippen LogP contribution >= 0.6 is 0 Å². The molecule has 0 saturated carbocycles. The van der Waals surface area contributed by atoms with Gasteiger partial charge in [0.2, 0.25) is 0 Å². The van der Waals surface area contributed by atoms with Crippen molar-refractivity contribution in [2.45, 2.75) is 19.4 Å². The standard InChI is InChI=1S/C12H17N3O2/c1-8-12(16)15(7-17-8)5-4-9-2-3-10(13)11(14)6-9/h2-3,6,8H,4-5,7,13-14H2,1H3/t8-/m0/s1. The van der Waals surface area contributed by atoms with Crippen LogP contribution < -0.4 is 11.5 Å². The van der Waals surface area contributed by atoms with Crippen molar-refractivity contribution in [3.8, 4) is 0 Å². The molecule has 4 N–H and O–H groups in total. The van der Waals surface area contributed by atoms with Crippen molar-refractivity contribution in [1.29, 1.82) is 0 Å². The summed E-state index contributed by atoms with van der Waals surface area (Å²) < 4.78 is 5.24. The van der Waals surface area contributed by atoms with Crippen molar-refractivity contribution >= 4 is 17.3 Å². The third kappa shape index (κ3) is 2.50. The van der Waals surface area contributed by atoms with E-state index >= 15 is 0 Å². The second-order valence-electron chi connectivity index (χ2n) is 4.25. The first-order chi connectivity index (χ1) is 8.08. The number of nitrogens with zero attached hydrogens (tertiary/aromatic N) is 1. The van der Waals surface area contributed by atoms with Crippen LogP contribution in [-0.4, -0.2) is 30.2 Å². The van der Waals surface area contributed by atoms with Gasteiger partial charge in [0.25, 0.3) is 5.91 Å². The van der Waals surface area contributed by atoms with E-state index in [1.54, 1.807) is 17.9 Å². The maximum absolute atomic E-state index is 11.6. The van der Waals surface area contributed by atoms with Crippen LogP contribution in [0.2, 0.25) is 0 Å². The smallest absolute Gasteiger partial charge is 0.253 e. The molecule has 1 aliphatic heterocycles. The molecular weight excluding hydrogens is 218 g/mol. The van der Waals surface area contributed by atoms with Crippen LogP contribution in [0.1, 0.15) is 12.5 Å². The lowest BCUT2D eigenvalue weighted by molar-refractivity contribution is -0.129. The Hall–Kier alpha value is -1.75. The zero-order chi connectivity index (χ0) is 12.4. The molecule has 0 aromatic heterocycles. The van der Waals surface area contributed by atoms with Gasteiger partial charge in [-0.2, -0.15) is 0 Å². The minimum absolute atomic E-state index is 0.0495. The summed E-state index contributed by atoms with van der Waals surface area (Å²) in [6.45, 7) is 2.79. The number of hydrogen-bond acceptors (Lipinski definition) is 4. The van der Waals surface area contributed by atoms with Gasteiger partial charge in [-0.3, -0.25) is 4.79 Å². The molecule has 1 atom stereocenters. The van der Waals surface area contributed by atoms with E-state index in [0.717, 1.165) is 12.0 Å². The SMILES string of the molecule is C[C@@H]1OCN(CCc2ccc(N)c(N)c2)C1=O. The molecule has 1 aromatic carbocycles. The topological polar surface area (TPSA) is 81.6 Å². The van der Waals surface area contributed by atoms with Crippen LogP contribution in [0.15, 0.2) is 18.2 Å². The van der Waals surface area contributed by atoms with E-state index in [-0.39, 0.29) is 12.0 Å². The Kier molecular flexibility index (Phi) is 3.19. The van der Waals surface area contributed by atoms with E-state index in [9.17, 15) is 4.79 Å². The van der Waals surface area contributed by atoms with Gasteiger partial charge < -0.3 is 21.1 Å². The van der Waals surface area contributed by atoms with Crippen molar-refractivity contribution in [3.05, 3.63) is 23.8 Å². The maximum atomic E-state index is 11.6. The molecule has 1 saturated heterocycles. The first-order valence-corrected chi connectivity index (χ1v) is 5.62. The summed E-state index contributed by atoms with van der Waals surface area (Å²) in [6.07, 6.45) is 0.443. The van der Waals surface area contributed by atoms with Crippen LogP contribution in [-0.2, 0) is 16.0 Å². The number of benzene rings is 1. The number of anilines is 2. The molecule has 1 heterocycles. The summed E-state index contributed by atoms with van der Waals surface area (Å²) in [5.74, 6) is 0.0495. The third-order valence-electron chi connectivity index (χ3n) is 2.96. The lowest BCUT2D eigenvalue weighted by Crippen LogP contribution is -2.30. The molecule has 0 aliphatic carbocycles. The van der Waals surface area contributed by atoms with E-state index in [0.29, 0.717) is 24.7 Å². The normalized spacial score (nSPS) is 19.9. The number of amides is 1. The quantitative estimate of drug-likeness (QED) is 0.752. The number of carbonyl (C=O) groups is 1. The lowest BCUT2D eigenvalue weighted by Gasteiger charge is -2.14. The van der Waals surface area contributed by atoms with Gasteiger partial charge in [0.1, 0.15) is 12.8 Å². The molecule has 0 radical (unpaired) electrons. The molecule has 0 spiro atoms. The molecule has 5 heteroatoms. The number of nitrogens with two attached hydrogens (primary N) is 2. The Bertz CT molecular complexity index is 434. The Labute approximate surface area is 100 Å². The van der Waals surface area contributed by atoms with Crippen LogP contribution in [0, 0.1) is 0 Å². The van der Waals surface area contributed by atoms with Gasteiger partial charge in [-0.1, -0.05) is 6.07 Å². The molecule has 1 fully saturated rings. The fourth-order valence-corrected chi connectivity index (χ4v) is 1.81. The van der Waals surface area contributed by atoms with Crippen LogP contribution in [0.25, 0.3) is 0 Å². The summed E-state index contributed by atoms with van der Waals surface area (Å²) in [7, 11) is 0. The monoisotopic (exact) mass is 235 g/mol.